The summed E-state index contributed by atoms with van der Waals surface area (Å²) in [5, 5.41) is 14.2. The molecule has 0 saturated carbocycles. The molecule has 0 fully saturated rings. The zero-order chi connectivity index (χ0) is 21.5. The van der Waals surface area contributed by atoms with Crippen molar-refractivity contribution < 1.29 is 22.7 Å². The van der Waals surface area contributed by atoms with Crippen molar-refractivity contribution in [3.8, 4) is 5.69 Å². The van der Waals surface area contributed by atoms with E-state index in [1.165, 1.54) is 30.6 Å². The number of carbonyl (C=O) groups excluding carboxylic acids is 1. The van der Waals surface area contributed by atoms with Crippen LogP contribution in [0.5, 0.6) is 0 Å². The third-order valence-electron chi connectivity index (χ3n) is 5.40. The number of nitrogens with zero attached hydrogens (tertiary/aromatic N) is 2. The number of rotatable bonds is 3. The molecule has 0 unspecified atom stereocenters. The van der Waals surface area contributed by atoms with E-state index < -0.39 is 11.7 Å². The minimum Gasteiger partial charge on any atom is -0.619 e. The number of nitrogens with one attached hydrogen (secondary N) is 1. The first-order valence-corrected chi connectivity index (χ1v) is 9.62. The van der Waals surface area contributed by atoms with Crippen molar-refractivity contribution in [2.45, 2.75) is 38.4 Å². The molecule has 0 saturated heterocycles. The number of fused-ring (bicyclic) bond motifs is 1. The number of carbonyl (C=O) groups is 1. The van der Waals surface area contributed by atoms with Crippen LogP contribution in [0.25, 0.3) is 5.69 Å². The topological polar surface area (TPSA) is 61.0 Å². The molecule has 1 aliphatic carbocycles. The lowest BCUT2D eigenvalue weighted by Gasteiger charge is -2.25. The fraction of sp³-hybridized carbons (Fsp3) is 0.273. The number of amides is 1. The van der Waals surface area contributed by atoms with Crippen LogP contribution in [-0.4, -0.2) is 10.5 Å². The van der Waals surface area contributed by atoms with Crippen LogP contribution in [0.3, 0.4) is 0 Å². The number of hydrogen-bond acceptors (Lipinski definition) is 2. The van der Waals surface area contributed by atoms with E-state index in [-0.39, 0.29) is 11.9 Å². The highest BCUT2D eigenvalue weighted by Gasteiger charge is 2.31. The van der Waals surface area contributed by atoms with Gasteiger partial charge in [-0.2, -0.15) is 17.9 Å². The molecule has 2 heterocycles. The monoisotopic (exact) mass is 415 g/mol. The summed E-state index contributed by atoms with van der Waals surface area (Å²) in [5.74, 6) is -0.294. The van der Waals surface area contributed by atoms with E-state index in [1.54, 1.807) is 6.07 Å². The summed E-state index contributed by atoms with van der Waals surface area (Å²) in [7, 11) is 0. The van der Waals surface area contributed by atoms with Gasteiger partial charge in [0.15, 0.2) is 12.4 Å². The predicted octanol–water partition coefficient (Wildman–Crippen LogP) is 4.25. The molecule has 0 aliphatic heterocycles. The van der Waals surface area contributed by atoms with Gasteiger partial charge in [-0.1, -0.05) is 6.07 Å². The second-order valence-corrected chi connectivity index (χ2v) is 7.44. The van der Waals surface area contributed by atoms with Crippen LogP contribution in [0.15, 0.2) is 54.9 Å². The maximum Gasteiger partial charge on any atom is 0.416 e. The zero-order valence-electron chi connectivity index (χ0n) is 16.2. The lowest BCUT2D eigenvalue weighted by Crippen LogP contribution is -2.32. The number of alkyl halides is 3. The molecule has 30 heavy (non-hydrogen) atoms. The predicted molar refractivity (Wildman–Crippen MR) is 104 cm³/mol. The van der Waals surface area contributed by atoms with Gasteiger partial charge < -0.3 is 15.1 Å². The number of halogens is 3. The Kier molecular flexibility index (Phi) is 5.01. The minimum atomic E-state index is -4.41. The first-order chi connectivity index (χ1) is 14.2. The smallest absolute Gasteiger partial charge is 0.416 e. The van der Waals surface area contributed by atoms with Gasteiger partial charge in [0, 0.05) is 29.2 Å². The first kappa shape index (κ1) is 20.0. The van der Waals surface area contributed by atoms with E-state index in [0.717, 1.165) is 41.9 Å². The largest absolute Gasteiger partial charge is 0.619 e. The Labute approximate surface area is 171 Å². The van der Waals surface area contributed by atoms with Crippen LogP contribution >= 0.6 is 0 Å². The highest BCUT2D eigenvalue weighted by molar-refractivity contribution is 5.94. The van der Waals surface area contributed by atoms with Gasteiger partial charge in [-0.25, -0.2) is 0 Å². The summed E-state index contributed by atoms with van der Waals surface area (Å²) >= 11 is 0. The third kappa shape index (κ3) is 3.77. The van der Waals surface area contributed by atoms with Crippen molar-refractivity contribution in [2.24, 2.45) is 0 Å². The van der Waals surface area contributed by atoms with E-state index in [0.29, 0.717) is 22.4 Å². The van der Waals surface area contributed by atoms with Crippen molar-refractivity contribution in [1.29, 1.82) is 0 Å². The van der Waals surface area contributed by atoms with E-state index in [4.69, 9.17) is 0 Å². The molecule has 1 aliphatic rings. The van der Waals surface area contributed by atoms with Gasteiger partial charge in [-0.3, -0.25) is 4.79 Å². The second kappa shape index (κ2) is 7.51. The van der Waals surface area contributed by atoms with Gasteiger partial charge in [-0.15, -0.1) is 0 Å². The minimum absolute atomic E-state index is 0.244. The lowest BCUT2D eigenvalue weighted by atomic mass is 9.92. The SMILES string of the molecule is Cc1cc2c(n1-c1cccc(C(F)(F)F)c1)CCC[C@@H]2NC(=O)c1cc[n+]([O-])cc1. The van der Waals surface area contributed by atoms with Crippen LogP contribution in [0.2, 0.25) is 0 Å². The average molecular weight is 415 g/mol. The van der Waals surface area contributed by atoms with Crippen LogP contribution in [0, 0.1) is 12.1 Å². The fourth-order valence-corrected chi connectivity index (χ4v) is 4.04. The molecule has 0 radical (unpaired) electrons. The summed E-state index contributed by atoms with van der Waals surface area (Å²) in [6.07, 6.45) is 0.360. The molecule has 1 N–H and O–H groups in total. The lowest BCUT2D eigenvalue weighted by molar-refractivity contribution is -0.605. The molecular weight excluding hydrogens is 395 g/mol. The number of benzene rings is 1. The molecule has 0 spiro atoms. The van der Waals surface area contributed by atoms with Crippen LogP contribution < -0.4 is 10.0 Å². The molecule has 4 rings (SSSR count). The Morgan fingerprint density at radius 3 is 2.63 bits per heavy atom. The van der Waals surface area contributed by atoms with E-state index in [1.807, 2.05) is 17.6 Å². The Morgan fingerprint density at radius 2 is 1.93 bits per heavy atom. The summed E-state index contributed by atoms with van der Waals surface area (Å²) < 4.78 is 41.9. The maximum absolute atomic E-state index is 13.2. The molecule has 1 atom stereocenters. The summed E-state index contributed by atoms with van der Waals surface area (Å²) in [4.78, 5) is 12.6. The number of hydrogen-bond donors (Lipinski definition) is 1. The molecule has 2 aromatic heterocycles. The van der Waals surface area contributed by atoms with Crippen LogP contribution in [-0.2, 0) is 12.6 Å². The van der Waals surface area contributed by atoms with E-state index >= 15 is 0 Å². The van der Waals surface area contributed by atoms with E-state index in [2.05, 4.69) is 5.32 Å². The Morgan fingerprint density at radius 1 is 1.20 bits per heavy atom. The average Bonchev–Trinajstić information content (AvgIpc) is 3.05. The number of pyridine rings is 1. The van der Waals surface area contributed by atoms with Crippen molar-refractivity contribution in [2.75, 3.05) is 0 Å². The van der Waals surface area contributed by atoms with E-state index in [9.17, 15) is 23.2 Å². The van der Waals surface area contributed by atoms with Gasteiger partial charge >= 0.3 is 6.18 Å². The summed E-state index contributed by atoms with van der Waals surface area (Å²) in [5.41, 5.74) is 2.78. The standard InChI is InChI=1S/C22H20F3N3O2/c1-14-12-18-19(26-21(29)15-8-10-27(30)11-9-15)6-3-7-20(18)28(14)17-5-2-4-16(13-17)22(23,24)25/h2,4-5,8-13,19H,3,6-7H2,1H3,(H,26,29)/t19-/m0/s1. The van der Waals surface area contributed by atoms with Crippen LogP contribution in [0.1, 0.15) is 51.8 Å². The van der Waals surface area contributed by atoms with Crippen molar-refractivity contribution >= 4 is 5.91 Å². The third-order valence-corrected chi connectivity index (χ3v) is 5.40. The molecular formula is C22H20F3N3O2. The highest BCUT2D eigenvalue weighted by Crippen LogP contribution is 2.36. The van der Waals surface area contributed by atoms with Crippen molar-refractivity contribution in [1.82, 2.24) is 9.88 Å². The molecule has 0 bridgehead atoms. The fourth-order valence-electron chi connectivity index (χ4n) is 4.04. The molecule has 1 amide bonds. The molecule has 1 aromatic carbocycles. The second-order valence-electron chi connectivity index (χ2n) is 7.44. The van der Waals surface area contributed by atoms with Crippen LogP contribution in [0.4, 0.5) is 13.2 Å². The normalized spacial score (nSPS) is 16.2. The quantitative estimate of drug-likeness (QED) is 0.514. The van der Waals surface area contributed by atoms with Gasteiger partial charge in [-0.05, 0) is 56.0 Å². The molecule has 3 aromatic rings. The van der Waals surface area contributed by atoms with Gasteiger partial charge in [0.2, 0.25) is 0 Å². The number of aromatic nitrogens is 2. The Balaban J connectivity index is 1.66. The summed E-state index contributed by atoms with van der Waals surface area (Å²) in [6, 6.07) is 9.86. The van der Waals surface area contributed by atoms with Gasteiger partial charge in [0.25, 0.3) is 5.91 Å². The Hall–Kier alpha value is -3.29. The Bertz CT molecular complexity index is 1090. The molecule has 156 valence electrons. The van der Waals surface area contributed by atoms with Gasteiger partial charge in [0.05, 0.1) is 17.2 Å². The first-order valence-electron chi connectivity index (χ1n) is 9.62. The van der Waals surface area contributed by atoms with Crippen molar-refractivity contribution in [3.05, 3.63) is 88.1 Å². The van der Waals surface area contributed by atoms with Crippen molar-refractivity contribution in [3.63, 3.8) is 0 Å². The molecule has 8 heteroatoms. The molecule has 5 nitrogen and oxygen atoms in total. The maximum atomic E-state index is 13.2. The number of aryl methyl sites for hydroxylation is 1. The highest BCUT2D eigenvalue weighted by atomic mass is 19.4. The zero-order valence-corrected chi connectivity index (χ0v) is 16.2. The van der Waals surface area contributed by atoms with Gasteiger partial charge in [0.1, 0.15) is 0 Å². The summed E-state index contributed by atoms with van der Waals surface area (Å²) in [6.45, 7) is 1.85.